The number of hydrogen-bond donors (Lipinski definition) is 3. The van der Waals surface area contributed by atoms with Crippen molar-refractivity contribution in [3.05, 3.63) is 52.2 Å². The van der Waals surface area contributed by atoms with Crippen molar-refractivity contribution >= 4 is 49.6 Å². The first kappa shape index (κ1) is 24.4. The summed E-state index contributed by atoms with van der Waals surface area (Å²) >= 11 is 0. The van der Waals surface area contributed by atoms with Gasteiger partial charge in [0, 0.05) is 12.7 Å². The third-order valence-corrected chi connectivity index (χ3v) is 7.43. The van der Waals surface area contributed by atoms with Gasteiger partial charge in [-0.3, -0.25) is 14.2 Å². The van der Waals surface area contributed by atoms with E-state index in [0.717, 1.165) is 0 Å². The smallest absolute Gasteiger partial charge is 0.313 e. The molecule has 0 radical (unpaired) electrons. The number of aromatic amines is 1. The summed E-state index contributed by atoms with van der Waals surface area (Å²) in [6.45, 7) is 4.36. The van der Waals surface area contributed by atoms with E-state index in [1.165, 1.54) is 23.9 Å². The number of carbonyl (C=O) groups is 1. The van der Waals surface area contributed by atoms with Gasteiger partial charge >= 0.3 is 5.97 Å². The first-order valence-electron chi connectivity index (χ1n) is 11.5. The van der Waals surface area contributed by atoms with E-state index in [-0.39, 0.29) is 39.7 Å². The van der Waals surface area contributed by atoms with Crippen molar-refractivity contribution in [3.8, 4) is 5.75 Å². The number of benzene rings is 1. The quantitative estimate of drug-likeness (QED) is 0.320. The molecule has 3 aromatic heterocycles. The topological polar surface area (TPSA) is 169 Å². The van der Waals surface area contributed by atoms with E-state index in [0.29, 0.717) is 35.4 Å². The maximum Gasteiger partial charge on any atom is 0.313 e. The number of anilines is 1. The number of ether oxygens (including phenoxy) is 1. The molecule has 192 valence electrons. The lowest BCUT2D eigenvalue weighted by Crippen LogP contribution is -2.33. The normalized spacial score (nSPS) is 14.4. The lowest BCUT2D eigenvalue weighted by atomic mass is 10.1. The Morgan fingerprint density at radius 2 is 2.03 bits per heavy atom. The number of imidazole rings is 1. The molecule has 3 N–H and O–H groups in total. The molecule has 0 aliphatic carbocycles. The highest BCUT2D eigenvalue weighted by atomic mass is 32.2. The predicted octanol–water partition coefficient (Wildman–Crippen LogP) is 2.30. The van der Waals surface area contributed by atoms with Crippen LogP contribution in [0.2, 0.25) is 0 Å². The first-order valence-corrected chi connectivity index (χ1v) is 13.0. The Labute approximate surface area is 211 Å². The zero-order valence-electron chi connectivity index (χ0n) is 20.3. The van der Waals surface area contributed by atoms with E-state index in [1.807, 2.05) is 13.8 Å². The molecule has 0 amide bonds. The van der Waals surface area contributed by atoms with E-state index in [1.54, 1.807) is 18.2 Å². The Hall–Kier alpha value is -4.26. The Bertz CT molecular complexity index is 1770. The number of hydrogen-bond acceptors (Lipinski definition) is 9. The maximum absolute atomic E-state index is 13.6. The van der Waals surface area contributed by atoms with Crippen LogP contribution in [0.3, 0.4) is 0 Å². The van der Waals surface area contributed by atoms with Crippen LogP contribution in [0.25, 0.3) is 22.1 Å². The molecule has 1 aliphatic rings. The number of fused-ring (bicyclic) bond motifs is 4. The van der Waals surface area contributed by atoms with Gasteiger partial charge in [-0.05, 0) is 36.6 Å². The first-order chi connectivity index (χ1) is 17.6. The second-order valence-corrected chi connectivity index (χ2v) is 10.6. The number of aryl methyl sites for hydroxylation is 1. The van der Waals surface area contributed by atoms with Crippen LogP contribution >= 0.6 is 0 Å². The van der Waals surface area contributed by atoms with Crippen molar-refractivity contribution in [1.82, 2.24) is 19.5 Å². The van der Waals surface area contributed by atoms with Crippen LogP contribution in [-0.4, -0.2) is 52.0 Å². The molecule has 0 spiro atoms. The zero-order valence-corrected chi connectivity index (χ0v) is 21.1. The second-order valence-electron chi connectivity index (χ2n) is 9.05. The second kappa shape index (κ2) is 9.00. The average Bonchev–Trinajstić information content (AvgIpc) is 3.25. The highest BCUT2D eigenvalue weighted by Crippen LogP contribution is 2.36. The molecule has 13 heteroatoms. The fourth-order valence-corrected chi connectivity index (χ4v) is 5.52. The highest BCUT2D eigenvalue weighted by molar-refractivity contribution is 7.90. The molecule has 0 saturated heterocycles. The van der Waals surface area contributed by atoms with Gasteiger partial charge < -0.3 is 20.1 Å². The zero-order chi connectivity index (χ0) is 26.5. The number of sulfonamides is 1. The Morgan fingerprint density at radius 1 is 1.24 bits per heavy atom. The fraction of sp³-hybridized carbons (Fsp3) is 0.292. The molecular formula is C24H24N6O6S. The van der Waals surface area contributed by atoms with Gasteiger partial charge in [0.05, 0.1) is 23.7 Å². The molecule has 0 saturated carbocycles. The van der Waals surface area contributed by atoms with E-state index in [2.05, 4.69) is 29.4 Å². The molecule has 4 heterocycles. The van der Waals surface area contributed by atoms with Crippen LogP contribution < -0.4 is 10.9 Å². The van der Waals surface area contributed by atoms with Gasteiger partial charge in [0.2, 0.25) is 0 Å². The van der Waals surface area contributed by atoms with Crippen LogP contribution in [0.15, 0.2) is 44.6 Å². The summed E-state index contributed by atoms with van der Waals surface area (Å²) in [6.07, 6.45) is 2.02. The summed E-state index contributed by atoms with van der Waals surface area (Å²) in [6, 6.07) is 6.32. The minimum absolute atomic E-state index is 0.0907. The van der Waals surface area contributed by atoms with Gasteiger partial charge in [-0.1, -0.05) is 13.8 Å². The largest absolute Gasteiger partial charge is 0.506 e. The maximum atomic E-state index is 13.6. The van der Waals surface area contributed by atoms with Crippen molar-refractivity contribution in [1.29, 1.82) is 0 Å². The van der Waals surface area contributed by atoms with E-state index in [9.17, 15) is 23.1 Å². The molecule has 0 fully saturated rings. The van der Waals surface area contributed by atoms with Crippen LogP contribution in [0, 0.1) is 5.92 Å². The molecule has 0 atom stereocenters. The number of H-pyrrole nitrogens is 1. The van der Waals surface area contributed by atoms with Gasteiger partial charge in [-0.25, -0.2) is 9.97 Å². The van der Waals surface area contributed by atoms with Gasteiger partial charge in [0.25, 0.3) is 15.6 Å². The molecular weight excluding hydrogens is 500 g/mol. The number of aromatic hydroxyl groups is 1. The van der Waals surface area contributed by atoms with Crippen molar-refractivity contribution in [3.63, 3.8) is 0 Å². The summed E-state index contributed by atoms with van der Waals surface area (Å²) in [5, 5.41) is 14.2. The number of carbonyl (C=O) groups excluding carboxylic acids is 1. The number of nitrogens with one attached hydrogen (secondary N) is 2. The molecule has 0 bridgehead atoms. The number of methoxy groups -OCH3 is 1. The number of rotatable bonds is 6. The van der Waals surface area contributed by atoms with E-state index in [4.69, 9.17) is 0 Å². The van der Waals surface area contributed by atoms with Crippen LogP contribution in [0.4, 0.5) is 5.69 Å². The molecule has 0 unspecified atom stereocenters. The van der Waals surface area contributed by atoms with E-state index >= 15 is 0 Å². The van der Waals surface area contributed by atoms with Crippen molar-refractivity contribution in [2.45, 2.75) is 38.1 Å². The summed E-state index contributed by atoms with van der Waals surface area (Å²) < 4.78 is 36.7. The van der Waals surface area contributed by atoms with E-state index < -0.39 is 27.3 Å². The Balaban J connectivity index is 1.68. The lowest BCUT2D eigenvalue weighted by Gasteiger charge is -2.20. The number of esters is 1. The van der Waals surface area contributed by atoms with Crippen molar-refractivity contribution in [2.24, 2.45) is 10.3 Å². The van der Waals surface area contributed by atoms with Crippen LogP contribution in [0.1, 0.15) is 31.7 Å². The van der Waals surface area contributed by atoms with Crippen molar-refractivity contribution in [2.75, 3.05) is 12.4 Å². The van der Waals surface area contributed by atoms with Gasteiger partial charge in [-0.15, -0.1) is 4.40 Å². The molecule has 4 aromatic rings. The SMILES string of the molecule is COC(=O)Cc1nc2c3c(ccc2[nH]1)NC(c1c(O)c2cccnc2n(CCC(C)C)c1=O)=NS3(=O)=O. The number of pyridine rings is 2. The number of aromatic nitrogens is 4. The summed E-state index contributed by atoms with van der Waals surface area (Å²) in [5.74, 6) is -0.735. The van der Waals surface area contributed by atoms with Gasteiger partial charge in [0.15, 0.2) is 5.84 Å². The summed E-state index contributed by atoms with van der Waals surface area (Å²) in [5.41, 5.74) is 0.0191. The van der Waals surface area contributed by atoms with Crippen LogP contribution in [-0.2, 0) is 32.5 Å². The Kier molecular flexibility index (Phi) is 5.94. The molecule has 1 aromatic carbocycles. The minimum atomic E-state index is -4.36. The third kappa shape index (κ3) is 4.20. The monoisotopic (exact) mass is 524 g/mol. The van der Waals surface area contributed by atoms with Crippen LogP contribution in [0.5, 0.6) is 5.75 Å². The highest BCUT2D eigenvalue weighted by Gasteiger charge is 2.33. The number of nitrogens with zero attached hydrogens (tertiary/aromatic N) is 4. The summed E-state index contributed by atoms with van der Waals surface area (Å²) in [7, 11) is -3.12. The van der Waals surface area contributed by atoms with Gasteiger partial charge in [0.1, 0.15) is 39.6 Å². The third-order valence-electron chi connectivity index (χ3n) is 6.08. The standard InChI is InChI=1S/C24H24N6O6S/c1-12(2)8-10-30-23-13(5-4-9-25-23)20(32)18(24(30)33)22-27-15-7-6-14-19(21(15)37(34,35)29-22)28-16(26-14)11-17(31)36-3/h4-7,9,12,32H,8,10-11H2,1-3H3,(H,26,28)(H,27,29). The molecule has 37 heavy (non-hydrogen) atoms. The molecule has 12 nitrogen and oxygen atoms in total. The lowest BCUT2D eigenvalue weighted by molar-refractivity contribution is -0.139. The minimum Gasteiger partial charge on any atom is -0.506 e. The summed E-state index contributed by atoms with van der Waals surface area (Å²) in [4.78, 5) is 36.5. The Morgan fingerprint density at radius 3 is 2.76 bits per heavy atom. The average molecular weight is 525 g/mol. The van der Waals surface area contributed by atoms with Gasteiger partial charge in [-0.2, -0.15) is 8.42 Å². The predicted molar refractivity (Wildman–Crippen MR) is 136 cm³/mol. The molecule has 5 rings (SSSR count). The number of amidine groups is 1. The molecule has 1 aliphatic heterocycles. The van der Waals surface area contributed by atoms with Crippen molar-refractivity contribution < 1.29 is 23.1 Å². The fourth-order valence-electron chi connectivity index (χ4n) is 4.25.